The second kappa shape index (κ2) is 7.03. The summed E-state index contributed by atoms with van der Waals surface area (Å²) in [7, 11) is 1.63. The second-order valence-corrected chi connectivity index (χ2v) is 7.85. The Bertz CT molecular complexity index is 1100. The van der Waals surface area contributed by atoms with Gasteiger partial charge in [-0.2, -0.15) is 10.1 Å². The molecule has 5 rings (SSSR count). The van der Waals surface area contributed by atoms with Gasteiger partial charge in [0.15, 0.2) is 11.5 Å². The Kier molecular flexibility index (Phi) is 4.34. The van der Waals surface area contributed by atoms with E-state index in [9.17, 15) is 4.79 Å². The van der Waals surface area contributed by atoms with Gasteiger partial charge in [-0.3, -0.25) is 4.79 Å². The van der Waals surface area contributed by atoms with Crippen LogP contribution in [0.15, 0.2) is 53.3 Å². The Morgan fingerprint density at radius 3 is 2.45 bits per heavy atom. The highest BCUT2D eigenvalue weighted by Crippen LogP contribution is 2.43. The number of methoxy groups -OCH3 is 1. The minimum absolute atomic E-state index is 0.304. The number of rotatable bonds is 2. The van der Waals surface area contributed by atoms with Crippen LogP contribution in [0.25, 0.3) is 22.6 Å². The van der Waals surface area contributed by atoms with Gasteiger partial charge in [-0.15, -0.1) is 0 Å². The lowest BCUT2D eigenvalue weighted by molar-refractivity contribution is 0.253. The van der Waals surface area contributed by atoms with Crippen LogP contribution in [-0.2, 0) is 5.66 Å². The van der Waals surface area contributed by atoms with E-state index in [1.54, 1.807) is 7.11 Å². The van der Waals surface area contributed by atoms with Crippen LogP contribution in [0, 0.1) is 0 Å². The zero-order valence-corrected chi connectivity index (χ0v) is 16.5. The van der Waals surface area contributed by atoms with Gasteiger partial charge in [0.25, 0.3) is 5.56 Å². The zero-order valence-electron chi connectivity index (χ0n) is 16.5. The van der Waals surface area contributed by atoms with Crippen LogP contribution < -0.4 is 15.6 Å². The maximum absolute atomic E-state index is 13.0. The molecule has 6 nitrogen and oxygen atoms in total. The number of aromatic nitrogens is 3. The van der Waals surface area contributed by atoms with Crippen molar-refractivity contribution < 1.29 is 4.74 Å². The first-order valence-electron chi connectivity index (χ1n) is 10.2. The molecule has 2 heterocycles. The molecule has 0 amide bonds. The topological polar surface area (TPSA) is 69.0 Å². The Hall–Kier alpha value is -3.15. The van der Waals surface area contributed by atoms with E-state index in [-0.39, 0.29) is 11.2 Å². The molecule has 0 bridgehead atoms. The van der Waals surface area contributed by atoms with E-state index in [1.165, 1.54) is 12.8 Å². The first-order chi connectivity index (χ1) is 14.2. The maximum atomic E-state index is 13.0. The molecule has 0 saturated heterocycles. The number of hydrogen-bond acceptors (Lipinski definition) is 5. The predicted octanol–water partition coefficient (Wildman–Crippen LogP) is 4.41. The fraction of sp³-hybridized carbons (Fsp3) is 0.348. The summed E-state index contributed by atoms with van der Waals surface area (Å²) in [6.07, 6.45) is 6.63. The Labute approximate surface area is 169 Å². The molecule has 148 valence electrons. The number of anilines is 1. The number of benzene rings is 2. The number of para-hydroxylation sites is 1. The monoisotopic (exact) mass is 388 g/mol. The minimum Gasteiger partial charge on any atom is -0.497 e. The van der Waals surface area contributed by atoms with Crippen molar-refractivity contribution in [1.82, 2.24) is 14.8 Å². The number of ether oxygens (including phenoxy) is 1. The lowest BCUT2D eigenvalue weighted by atomic mass is 9.95. The van der Waals surface area contributed by atoms with E-state index >= 15 is 0 Å². The second-order valence-electron chi connectivity index (χ2n) is 7.85. The smallest absolute Gasteiger partial charge is 0.300 e. The molecule has 1 spiro atoms. The standard InChI is InChI=1S/C23H24N4O2/c1-29-17-12-10-16(11-13-17)20-22(28)24-21-18-8-4-5-9-19(18)25-23(27(21)26-20)14-6-2-3-7-15-23/h4-5,8-13,25H,2-3,6-7,14-15H2,1H3. The first-order valence-corrected chi connectivity index (χ1v) is 10.2. The summed E-state index contributed by atoms with van der Waals surface area (Å²) < 4.78 is 7.23. The van der Waals surface area contributed by atoms with Crippen molar-refractivity contribution in [2.24, 2.45) is 0 Å². The quantitative estimate of drug-likeness (QED) is 0.704. The highest BCUT2D eigenvalue weighted by atomic mass is 16.5. The third-order valence-electron chi connectivity index (χ3n) is 6.05. The van der Waals surface area contributed by atoms with Crippen molar-refractivity contribution in [3.05, 3.63) is 58.9 Å². The van der Waals surface area contributed by atoms with Crippen LogP contribution in [0.4, 0.5) is 5.69 Å². The number of nitrogens with one attached hydrogen (secondary N) is 1. The van der Waals surface area contributed by atoms with Gasteiger partial charge in [0.2, 0.25) is 0 Å². The molecule has 29 heavy (non-hydrogen) atoms. The molecule has 1 aliphatic carbocycles. The molecule has 0 unspecified atom stereocenters. The van der Waals surface area contributed by atoms with Gasteiger partial charge in [0.05, 0.1) is 7.11 Å². The molecular weight excluding hydrogens is 364 g/mol. The molecule has 0 radical (unpaired) electrons. The summed E-state index contributed by atoms with van der Waals surface area (Å²) in [6.45, 7) is 0. The van der Waals surface area contributed by atoms with Crippen LogP contribution in [0.3, 0.4) is 0 Å². The van der Waals surface area contributed by atoms with Gasteiger partial charge >= 0.3 is 0 Å². The Morgan fingerprint density at radius 1 is 1.00 bits per heavy atom. The molecule has 1 aliphatic heterocycles. The molecule has 6 heteroatoms. The highest BCUT2D eigenvalue weighted by Gasteiger charge is 2.40. The molecule has 1 saturated carbocycles. The van der Waals surface area contributed by atoms with Crippen LogP contribution in [0.1, 0.15) is 38.5 Å². The molecule has 3 aromatic rings. The molecule has 1 aromatic heterocycles. The number of nitrogens with zero attached hydrogens (tertiary/aromatic N) is 3. The Morgan fingerprint density at radius 2 is 1.72 bits per heavy atom. The summed E-state index contributed by atoms with van der Waals surface area (Å²) in [6, 6.07) is 15.5. The summed E-state index contributed by atoms with van der Waals surface area (Å²) in [5.74, 6) is 1.40. The van der Waals surface area contributed by atoms with Crippen LogP contribution in [0.5, 0.6) is 5.75 Å². The van der Waals surface area contributed by atoms with E-state index < -0.39 is 0 Å². The molecule has 1 N–H and O–H groups in total. The van der Waals surface area contributed by atoms with E-state index in [2.05, 4.69) is 16.4 Å². The van der Waals surface area contributed by atoms with Crippen molar-refractivity contribution in [1.29, 1.82) is 0 Å². The van der Waals surface area contributed by atoms with Crippen LogP contribution in [0.2, 0.25) is 0 Å². The lowest BCUT2D eigenvalue weighted by Gasteiger charge is -2.41. The average molecular weight is 388 g/mol. The van der Waals surface area contributed by atoms with Gasteiger partial charge in [-0.1, -0.05) is 25.0 Å². The van der Waals surface area contributed by atoms with Crippen molar-refractivity contribution in [2.75, 3.05) is 12.4 Å². The summed E-state index contributed by atoms with van der Waals surface area (Å²) in [4.78, 5) is 17.5. The lowest BCUT2D eigenvalue weighted by Crippen LogP contribution is -2.47. The van der Waals surface area contributed by atoms with Gasteiger partial charge < -0.3 is 10.1 Å². The SMILES string of the molecule is COc1ccc(-c2nn3c(nc2=O)-c2ccccc2NC32CCCCCC2)cc1. The average Bonchev–Trinajstić information content (AvgIpc) is 3.00. The van der Waals surface area contributed by atoms with E-state index in [4.69, 9.17) is 9.84 Å². The van der Waals surface area contributed by atoms with Gasteiger partial charge in [-0.05, 0) is 62.1 Å². The van der Waals surface area contributed by atoms with Gasteiger partial charge in [-0.25, -0.2) is 4.68 Å². The van der Waals surface area contributed by atoms with E-state index in [1.807, 2.05) is 47.1 Å². The van der Waals surface area contributed by atoms with Gasteiger partial charge in [0, 0.05) is 16.8 Å². The van der Waals surface area contributed by atoms with Gasteiger partial charge in [0.1, 0.15) is 11.4 Å². The third-order valence-corrected chi connectivity index (χ3v) is 6.05. The molecular formula is C23H24N4O2. The zero-order chi connectivity index (χ0) is 19.8. The Balaban J connectivity index is 1.72. The van der Waals surface area contributed by atoms with Crippen molar-refractivity contribution >= 4 is 5.69 Å². The number of hydrogen-bond donors (Lipinski definition) is 1. The fourth-order valence-corrected chi connectivity index (χ4v) is 4.53. The summed E-state index contributed by atoms with van der Waals surface area (Å²) >= 11 is 0. The van der Waals surface area contributed by atoms with Crippen molar-refractivity contribution in [2.45, 2.75) is 44.2 Å². The summed E-state index contributed by atoms with van der Waals surface area (Å²) in [5.41, 5.74) is 2.43. The molecule has 0 atom stereocenters. The van der Waals surface area contributed by atoms with Crippen LogP contribution in [-0.4, -0.2) is 21.9 Å². The first kappa shape index (κ1) is 17.9. The molecule has 2 aliphatic rings. The van der Waals surface area contributed by atoms with Crippen LogP contribution >= 0.6 is 0 Å². The van der Waals surface area contributed by atoms with E-state index in [0.29, 0.717) is 11.5 Å². The molecule has 1 fully saturated rings. The maximum Gasteiger partial charge on any atom is 0.300 e. The fourth-order valence-electron chi connectivity index (χ4n) is 4.53. The normalized spacial score (nSPS) is 17.0. The van der Waals surface area contributed by atoms with E-state index in [0.717, 1.165) is 48.2 Å². The highest BCUT2D eigenvalue weighted by molar-refractivity contribution is 5.76. The third kappa shape index (κ3) is 2.99. The molecule has 2 aromatic carbocycles. The minimum atomic E-state index is -0.345. The van der Waals surface area contributed by atoms with Crippen molar-refractivity contribution in [3.63, 3.8) is 0 Å². The predicted molar refractivity (Wildman–Crippen MR) is 113 cm³/mol. The number of fused-ring (bicyclic) bond motifs is 4. The largest absolute Gasteiger partial charge is 0.497 e. The van der Waals surface area contributed by atoms with Crippen molar-refractivity contribution in [3.8, 4) is 28.4 Å². The summed E-state index contributed by atoms with van der Waals surface area (Å²) in [5, 5.41) is 8.66.